The fraction of sp³-hybridized carbons (Fsp3) is 0.167. The SMILES string of the molecule is CN(Cc1nnc(Cc2nc3ccc(-c4ccccc4)cc3s2)o1)S(N)(=O)=O. The van der Waals surface area contributed by atoms with Crippen molar-refractivity contribution in [1.82, 2.24) is 19.5 Å². The molecule has 2 aromatic carbocycles. The van der Waals surface area contributed by atoms with Crippen LogP contribution >= 0.6 is 11.3 Å². The van der Waals surface area contributed by atoms with Crippen LogP contribution in [0.4, 0.5) is 0 Å². The monoisotopic (exact) mass is 415 g/mol. The summed E-state index contributed by atoms with van der Waals surface area (Å²) in [5.41, 5.74) is 3.20. The van der Waals surface area contributed by atoms with Gasteiger partial charge in [0.2, 0.25) is 11.8 Å². The number of aromatic nitrogens is 3. The smallest absolute Gasteiger partial charge is 0.277 e. The summed E-state index contributed by atoms with van der Waals surface area (Å²) in [4.78, 5) is 4.62. The highest BCUT2D eigenvalue weighted by molar-refractivity contribution is 7.86. The Morgan fingerprint density at radius 1 is 1.07 bits per heavy atom. The third kappa shape index (κ3) is 4.09. The summed E-state index contributed by atoms with van der Waals surface area (Å²) >= 11 is 1.56. The highest BCUT2D eigenvalue weighted by Crippen LogP contribution is 2.29. The summed E-state index contributed by atoms with van der Waals surface area (Å²) in [5, 5.41) is 13.7. The maximum absolute atomic E-state index is 11.3. The molecule has 2 N–H and O–H groups in total. The first-order valence-corrected chi connectivity index (χ1v) is 10.7. The molecule has 0 radical (unpaired) electrons. The van der Waals surface area contributed by atoms with Crippen molar-refractivity contribution in [2.45, 2.75) is 13.0 Å². The van der Waals surface area contributed by atoms with Crippen molar-refractivity contribution in [1.29, 1.82) is 0 Å². The summed E-state index contributed by atoms with van der Waals surface area (Å²) in [6.07, 6.45) is 0.381. The maximum atomic E-state index is 11.3. The number of hydrogen-bond acceptors (Lipinski definition) is 7. The third-order valence-corrected chi connectivity index (χ3v) is 6.16. The molecule has 144 valence electrons. The van der Waals surface area contributed by atoms with E-state index < -0.39 is 10.2 Å². The van der Waals surface area contributed by atoms with Crippen LogP contribution in [0.3, 0.4) is 0 Å². The number of nitrogens with zero attached hydrogens (tertiary/aromatic N) is 4. The van der Waals surface area contributed by atoms with Gasteiger partial charge in [0.25, 0.3) is 10.2 Å². The first kappa shape index (κ1) is 18.7. The molecule has 4 aromatic rings. The fourth-order valence-corrected chi connectivity index (χ4v) is 3.98. The molecular formula is C18H17N5O3S2. The van der Waals surface area contributed by atoms with Crippen LogP contribution in [0.2, 0.25) is 0 Å². The van der Waals surface area contributed by atoms with Gasteiger partial charge >= 0.3 is 0 Å². The maximum Gasteiger partial charge on any atom is 0.277 e. The van der Waals surface area contributed by atoms with E-state index >= 15 is 0 Å². The average molecular weight is 416 g/mol. The van der Waals surface area contributed by atoms with Crippen molar-refractivity contribution < 1.29 is 12.8 Å². The second-order valence-corrected chi connectivity index (χ2v) is 8.99. The number of benzene rings is 2. The van der Waals surface area contributed by atoms with E-state index in [-0.39, 0.29) is 12.4 Å². The topological polar surface area (TPSA) is 115 Å². The Labute approximate surface area is 165 Å². The molecule has 0 saturated carbocycles. The van der Waals surface area contributed by atoms with Crippen LogP contribution in [0, 0.1) is 0 Å². The number of fused-ring (bicyclic) bond motifs is 1. The Hall–Kier alpha value is -2.66. The molecule has 0 atom stereocenters. The van der Waals surface area contributed by atoms with Crippen molar-refractivity contribution >= 4 is 31.8 Å². The Morgan fingerprint density at radius 2 is 1.82 bits per heavy atom. The molecule has 4 rings (SSSR count). The van der Waals surface area contributed by atoms with Crippen LogP contribution in [-0.4, -0.2) is 35.0 Å². The van der Waals surface area contributed by atoms with Crippen molar-refractivity contribution in [2.75, 3.05) is 7.05 Å². The van der Waals surface area contributed by atoms with Crippen LogP contribution in [0.25, 0.3) is 21.3 Å². The first-order valence-electron chi connectivity index (χ1n) is 8.39. The summed E-state index contributed by atoms with van der Waals surface area (Å²) in [6.45, 7) is -0.0773. The predicted molar refractivity (Wildman–Crippen MR) is 107 cm³/mol. The van der Waals surface area contributed by atoms with Gasteiger partial charge < -0.3 is 4.42 Å². The van der Waals surface area contributed by atoms with E-state index in [9.17, 15) is 8.42 Å². The van der Waals surface area contributed by atoms with Crippen molar-refractivity contribution in [3.63, 3.8) is 0 Å². The molecule has 0 aliphatic rings. The third-order valence-electron chi connectivity index (χ3n) is 4.14. The molecule has 8 nitrogen and oxygen atoms in total. The Kier molecular flexibility index (Phi) is 4.94. The summed E-state index contributed by atoms with van der Waals surface area (Å²) < 4.78 is 30.1. The van der Waals surface area contributed by atoms with Crippen LogP contribution in [0.5, 0.6) is 0 Å². The van der Waals surface area contributed by atoms with Gasteiger partial charge in [-0.05, 0) is 23.3 Å². The average Bonchev–Trinajstić information content (AvgIpc) is 3.27. The van der Waals surface area contributed by atoms with Crippen molar-refractivity contribution in [2.24, 2.45) is 5.14 Å². The normalized spacial score (nSPS) is 12.1. The standard InChI is InChI=1S/C18H17N5O3S2/c1-23(28(19,24)25)11-17-22-21-16(26-17)10-18-20-14-8-7-13(9-15(14)27-18)12-5-3-2-4-6-12/h2-9H,10-11H2,1H3,(H2,19,24,25). The number of hydrogen-bond donors (Lipinski definition) is 1. The molecule has 0 aliphatic heterocycles. The lowest BCUT2D eigenvalue weighted by Gasteiger charge is -2.09. The van der Waals surface area contributed by atoms with Crippen LogP contribution in [0.15, 0.2) is 52.9 Å². The molecular weight excluding hydrogens is 398 g/mol. The second-order valence-electron chi connectivity index (χ2n) is 6.22. The van der Waals surface area contributed by atoms with Gasteiger partial charge in [0.15, 0.2) is 0 Å². The molecule has 2 aromatic heterocycles. The quantitative estimate of drug-likeness (QED) is 0.517. The van der Waals surface area contributed by atoms with Gasteiger partial charge in [-0.1, -0.05) is 36.4 Å². The zero-order valence-corrected chi connectivity index (χ0v) is 16.6. The molecule has 0 amide bonds. The Bertz CT molecular complexity index is 1220. The van der Waals surface area contributed by atoms with Gasteiger partial charge in [-0.2, -0.15) is 12.7 Å². The molecule has 10 heteroatoms. The first-order chi connectivity index (χ1) is 13.4. The lowest BCUT2D eigenvalue weighted by atomic mass is 10.1. The van der Waals surface area contributed by atoms with Gasteiger partial charge in [0.1, 0.15) is 5.01 Å². The lowest BCUT2D eigenvalue weighted by Crippen LogP contribution is -2.32. The van der Waals surface area contributed by atoms with Crippen molar-refractivity contribution in [3.05, 3.63) is 65.3 Å². The van der Waals surface area contributed by atoms with Gasteiger partial charge in [-0.15, -0.1) is 21.5 Å². The number of nitrogens with two attached hydrogens (primary N) is 1. The highest BCUT2D eigenvalue weighted by Gasteiger charge is 2.17. The van der Waals surface area contributed by atoms with E-state index in [2.05, 4.69) is 39.4 Å². The van der Waals surface area contributed by atoms with Gasteiger partial charge in [0, 0.05) is 7.05 Å². The molecule has 0 bridgehead atoms. The van der Waals surface area contributed by atoms with Crippen LogP contribution in [0.1, 0.15) is 16.8 Å². The predicted octanol–water partition coefficient (Wildman–Crippen LogP) is 2.57. The fourth-order valence-electron chi connectivity index (χ4n) is 2.69. The second kappa shape index (κ2) is 7.40. The van der Waals surface area contributed by atoms with E-state index in [4.69, 9.17) is 9.56 Å². The zero-order valence-electron chi connectivity index (χ0n) is 14.9. The molecule has 0 unspecified atom stereocenters. The molecule has 28 heavy (non-hydrogen) atoms. The Morgan fingerprint density at radius 3 is 2.57 bits per heavy atom. The Balaban J connectivity index is 1.53. The molecule has 2 heterocycles. The minimum Gasteiger partial charge on any atom is -0.423 e. The van der Waals surface area contributed by atoms with E-state index in [0.717, 1.165) is 30.7 Å². The summed E-state index contributed by atoms with van der Waals surface area (Å²) in [6, 6.07) is 16.3. The van der Waals surface area contributed by atoms with E-state index in [1.807, 2.05) is 24.3 Å². The molecule has 0 fully saturated rings. The van der Waals surface area contributed by atoms with Crippen LogP contribution in [-0.2, 0) is 23.2 Å². The van der Waals surface area contributed by atoms with E-state index in [1.165, 1.54) is 7.05 Å². The zero-order chi connectivity index (χ0) is 19.7. The lowest BCUT2D eigenvalue weighted by molar-refractivity contribution is 0.383. The van der Waals surface area contributed by atoms with Gasteiger partial charge in [-0.3, -0.25) is 0 Å². The minimum atomic E-state index is -3.80. The molecule has 0 saturated heterocycles. The van der Waals surface area contributed by atoms with E-state index in [1.54, 1.807) is 11.3 Å². The molecule has 0 aliphatic carbocycles. The number of thiazole rings is 1. The summed E-state index contributed by atoms with van der Waals surface area (Å²) in [7, 11) is -2.46. The number of rotatable bonds is 6. The van der Waals surface area contributed by atoms with Gasteiger partial charge in [0.05, 0.1) is 23.2 Å². The summed E-state index contributed by atoms with van der Waals surface area (Å²) in [5.74, 6) is 0.555. The molecule has 0 spiro atoms. The van der Waals surface area contributed by atoms with Gasteiger partial charge in [-0.25, -0.2) is 10.1 Å². The largest absolute Gasteiger partial charge is 0.423 e. The highest BCUT2D eigenvalue weighted by atomic mass is 32.2. The van der Waals surface area contributed by atoms with E-state index in [0.29, 0.717) is 12.3 Å². The minimum absolute atomic E-state index is 0.0773. The van der Waals surface area contributed by atoms with Crippen molar-refractivity contribution in [3.8, 4) is 11.1 Å². The van der Waals surface area contributed by atoms with Crippen LogP contribution < -0.4 is 5.14 Å².